The van der Waals surface area contributed by atoms with Gasteiger partial charge in [-0.2, -0.15) is 0 Å². The number of aryl methyl sites for hydroxylation is 1. The van der Waals surface area contributed by atoms with Gasteiger partial charge in [-0.05, 0) is 23.6 Å². The summed E-state index contributed by atoms with van der Waals surface area (Å²) in [5.74, 6) is 1.55. The molecule has 0 N–H and O–H groups in total. The van der Waals surface area contributed by atoms with Gasteiger partial charge in [-0.15, -0.1) is 22.9 Å². The Morgan fingerprint density at radius 2 is 2.11 bits per heavy atom. The second-order valence-corrected chi connectivity index (χ2v) is 6.06. The SMILES string of the molecule is ClCCc1nc2cccc(Cl)c2n1Cc1cccs1. The largest absolute Gasteiger partial charge is 0.321 e. The van der Waals surface area contributed by atoms with Gasteiger partial charge in [-0.1, -0.05) is 23.7 Å². The first-order valence-corrected chi connectivity index (χ1v) is 7.81. The van der Waals surface area contributed by atoms with E-state index in [1.54, 1.807) is 11.3 Å². The maximum Gasteiger partial charge on any atom is 0.111 e. The number of para-hydroxylation sites is 1. The van der Waals surface area contributed by atoms with Crippen molar-refractivity contribution in [1.82, 2.24) is 9.55 Å². The van der Waals surface area contributed by atoms with Crippen LogP contribution in [0.5, 0.6) is 0 Å². The molecule has 3 aromatic rings. The summed E-state index contributed by atoms with van der Waals surface area (Å²) >= 11 is 13.9. The fourth-order valence-electron chi connectivity index (χ4n) is 2.19. The molecule has 2 aromatic heterocycles. The predicted octanol–water partition coefficient (Wildman–Crippen LogP) is 4.58. The number of rotatable bonds is 4. The first-order valence-electron chi connectivity index (χ1n) is 6.01. The Morgan fingerprint density at radius 3 is 2.84 bits per heavy atom. The second kappa shape index (κ2) is 5.53. The maximum absolute atomic E-state index is 6.33. The fourth-order valence-corrected chi connectivity index (χ4v) is 3.33. The standard InChI is InChI=1S/C14H12Cl2N2S/c15-7-6-13-17-12-5-1-4-11(16)14(12)18(13)9-10-3-2-8-19-10/h1-5,8H,6-7,9H2. The van der Waals surface area contributed by atoms with Gasteiger partial charge in [0.05, 0.1) is 22.6 Å². The molecule has 2 nitrogen and oxygen atoms in total. The summed E-state index contributed by atoms with van der Waals surface area (Å²) in [7, 11) is 0. The van der Waals surface area contributed by atoms with Gasteiger partial charge in [0.1, 0.15) is 5.82 Å². The molecule has 5 heteroatoms. The summed E-state index contributed by atoms with van der Waals surface area (Å²) in [6.07, 6.45) is 0.748. The Morgan fingerprint density at radius 1 is 1.21 bits per heavy atom. The molecule has 0 aliphatic heterocycles. The zero-order valence-electron chi connectivity index (χ0n) is 10.1. The van der Waals surface area contributed by atoms with E-state index in [0.29, 0.717) is 5.88 Å². The lowest BCUT2D eigenvalue weighted by Gasteiger charge is -2.07. The molecule has 0 amide bonds. The third-order valence-electron chi connectivity index (χ3n) is 3.01. The van der Waals surface area contributed by atoms with Crippen LogP contribution in [0, 0.1) is 0 Å². The first kappa shape index (κ1) is 13.0. The molecule has 19 heavy (non-hydrogen) atoms. The quantitative estimate of drug-likeness (QED) is 0.645. The van der Waals surface area contributed by atoms with Crippen molar-refractivity contribution in [2.24, 2.45) is 0 Å². The first-order chi connectivity index (χ1) is 9.29. The number of benzene rings is 1. The summed E-state index contributed by atoms with van der Waals surface area (Å²) in [5, 5.41) is 2.82. The maximum atomic E-state index is 6.33. The molecule has 0 aliphatic carbocycles. The summed E-state index contributed by atoms with van der Waals surface area (Å²) in [5.41, 5.74) is 1.93. The van der Waals surface area contributed by atoms with Crippen molar-refractivity contribution >= 4 is 45.6 Å². The van der Waals surface area contributed by atoms with E-state index in [4.69, 9.17) is 23.2 Å². The number of thiophene rings is 1. The molecule has 98 valence electrons. The van der Waals surface area contributed by atoms with E-state index in [9.17, 15) is 0 Å². The van der Waals surface area contributed by atoms with Gasteiger partial charge < -0.3 is 4.57 Å². The van der Waals surface area contributed by atoms with Crippen LogP contribution in [0.3, 0.4) is 0 Å². The average molecular weight is 311 g/mol. The van der Waals surface area contributed by atoms with Gasteiger partial charge in [0.15, 0.2) is 0 Å². The van der Waals surface area contributed by atoms with Crippen molar-refractivity contribution in [3.05, 3.63) is 51.4 Å². The number of halogens is 2. The van der Waals surface area contributed by atoms with Crippen molar-refractivity contribution in [2.45, 2.75) is 13.0 Å². The Balaban J connectivity index is 2.15. The molecule has 0 aliphatic rings. The molecule has 0 bridgehead atoms. The number of nitrogens with zero attached hydrogens (tertiary/aromatic N) is 2. The lowest BCUT2D eigenvalue weighted by atomic mass is 10.3. The lowest BCUT2D eigenvalue weighted by Crippen LogP contribution is -2.05. The average Bonchev–Trinajstić information content (AvgIpc) is 3.00. The highest BCUT2D eigenvalue weighted by Gasteiger charge is 2.13. The van der Waals surface area contributed by atoms with E-state index in [1.807, 2.05) is 18.2 Å². The third-order valence-corrected chi connectivity index (χ3v) is 4.36. The topological polar surface area (TPSA) is 17.8 Å². The Bertz CT molecular complexity index is 689. The molecule has 0 saturated heterocycles. The van der Waals surface area contributed by atoms with Gasteiger partial charge in [0, 0.05) is 17.2 Å². The van der Waals surface area contributed by atoms with E-state index in [0.717, 1.165) is 34.8 Å². The molecule has 0 unspecified atom stereocenters. The van der Waals surface area contributed by atoms with E-state index < -0.39 is 0 Å². The van der Waals surface area contributed by atoms with Gasteiger partial charge >= 0.3 is 0 Å². The molecule has 0 atom stereocenters. The Labute approximate surface area is 125 Å². The number of imidazole rings is 1. The molecule has 1 aromatic carbocycles. The minimum Gasteiger partial charge on any atom is -0.321 e. The number of hydrogen-bond donors (Lipinski definition) is 0. The summed E-state index contributed by atoms with van der Waals surface area (Å²) < 4.78 is 2.17. The number of alkyl halides is 1. The fraction of sp³-hybridized carbons (Fsp3) is 0.214. The van der Waals surface area contributed by atoms with Crippen LogP contribution in [0.2, 0.25) is 5.02 Å². The van der Waals surface area contributed by atoms with Crippen LogP contribution in [0.15, 0.2) is 35.7 Å². The Hall–Kier alpha value is -1.03. The van der Waals surface area contributed by atoms with Crippen LogP contribution >= 0.6 is 34.5 Å². The highest BCUT2D eigenvalue weighted by atomic mass is 35.5. The van der Waals surface area contributed by atoms with E-state index in [1.165, 1.54) is 4.88 Å². The zero-order chi connectivity index (χ0) is 13.2. The van der Waals surface area contributed by atoms with Gasteiger partial charge in [0.2, 0.25) is 0 Å². The summed E-state index contributed by atoms with van der Waals surface area (Å²) in [6.45, 7) is 0.796. The monoisotopic (exact) mass is 310 g/mol. The van der Waals surface area contributed by atoms with E-state index >= 15 is 0 Å². The van der Waals surface area contributed by atoms with Crippen LogP contribution in [-0.2, 0) is 13.0 Å². The van der Waals surface area contributed by atoms with Crippen LogP contribution in [-0.4, -0.2) is 15.4 Å². The van der Waals surface area contributed by atoms with Crippen LogP contribution in [0.1, 0.15) is 10.7 Å². The number of hydrogen-bond acceptors (Lipinski definition) is 2. The van der Waals surface area contributed by atoms with Crippen molar-refractivity contribution < 1.29 is 0 Å². The minimum absolute atomic E-state index is 0.561. The van der Waals surface area contributed by atoms with Crippen molar-refractivity contribution in [3.63, 3.8) is 0 Å². The molecular weight excluding hydrogens is 299 g/mol. The summed E-state index contributed by atoms with van der Waals surface area (Å²) in [6, 6.07) is 10.0. The normalized spacial score (nSPS) is 11.3. The second-order valence-electron chi connectivity index (χ2n) is 4.24. The highest BCUT2D eigenvalue weighted by molar-refractivity contribution is 7.09. The van der Waals surface area contributed by atoms with Crippen LogP contribution in [0.4, 0.5) is 0 Å². The molecular formula is C14H12Cl2N2S. The highest BCUT2D eigenvalue weighted by Crippen LogP contribution is 2.26. The lowest BCUT2D eigenvalue weighted by molar-refractivity contribution is 0.763. The smallest absolute Gasteiger partial charge is 0.111 e. The molecule has 0 fully saturated rings. The molecule has 2 heterocycles. The molecule has 3 rings (SSSR count). The number of aromatic nitrogens is 2. The van der Waals surface area contributed by atoms with Crippen LogP contribution in [0.25, 0.3) is 11.0 Å². The predicted molar refractivity (Wildman–Crippen MR) is 82.6 cm³/mol. The Kier molecular flexibility index (Phi) is 3.78. The third kappa shape index (κ3) is 2.50. The molecule has 0 saturated carbocycles. The number of fused-ring (bicyclic) bond motifs is 1. The van der Waals surface area contributed by atoms with E-state index in [-0.39, 0.29) is 0 Å². The minimum atomic E-state index is 0.561. The van der Waals surface area contributed by atoms with Crippen LogP contribution < -0.4 is 0 Å². The molecule has 0 radical (unpaired) electrons. The zero-order valence-corrected chi connectivity index (χ0v) is 12.5. The van der Waals surface area contributed by atoms with Gasteiger partial charge in [-0.3, -0.25) is 0 Å². The van der Waals surface area contributed by atoms with E-state index in [2.05, 4.69) is 27.1 Å². The molecule has 0 spiro atoms. The van der Waals surface area contributed by atoms with Gasteiger partial charge in [-0.25, -0.2) is 4.98 Å². The van der Waals surface area contributed by atoms with Crippen molar-refractivity contribution in [1.29, 1.82) is 0 Å². The van der Waals surface area contributed by atoms with Crippen molar-refractivity contribution in [2.75, 3.05) is 5.88 Å². The summed E-state index contributed by atoms with van der Waals surface area (Å²) in [4.78, 5) is 5.93. The van der Waals surface area contributed by atoms with Crippen molar-refractivity contribution in [3.8, 4) is 0 Å². The van der Waals surface area contributed by atoms with Gasteiger partial charge in [0.25, 0.3) is 0 Å².